The maximum atomic E-state index is 13.5. The molecule has 0 aromatic heterocycles. The highest BCUT2D eigenvalue weighted by Gasteiger charge is 2.40. The molecule has 1 aliphatic carbocycles. The molecule has 36 heavy (non-hydrogen) atoms. The summed E-state index contributed by atoms with van der Waals surface area (Å²) < 4.78 is 0. The van der Waals surface area contributed by atoms with Crippen LogP contribution in [0.15, 0.2) is 47.6 Å². The number of rotatable bonds is 6. The third-order valence-corrected chi connectivity index (χ3v) is 7.30. The van der Waals surface area contributed by atoms with Crippen LogP contribution in [0.3, 0.4) is 0 Å². The van der Waals surface area contributed by atoms with Crippen molar-refractivity contribution in [2.45, 2.75) is 58.0 Å². The molecule has 1 heterocycles. The van der Waals surface area contributed by atoms with E-state index in [4.69, 9.17) is 10.6 Å². The van der Waals surface area contributed by atoms with Crippen molar-refractivity contribution < 1.29 is 19.2 Å². The summed E-state index contributed by atoms with van der Waals surface area (Å²) in [5, 5.41) is 7.02. The molecule has 0 spiro atoms. The van der Waals surface area contributed by atoms with Crippen LogP contribution in [-0.2, 0) is 14.4 Å². The molecule has 3 amide bonds. The number of hydrogen-bond donors (Lipinski definition) is 2. The third kappa shape index (κ3) is 5.27. The van der Waals surface area contributed by atoms with Gasteiger partial charge in [-0.15, -0.1) is 0 Å². The zero-order valence-corrected chi connectivity index (χ0v) is 21.1. The summed E-state index contributed by atoms with van der Waals surface area (Å²) in [4.78, 5) is 45.2. The number of carbonyl (C=O) groups is 3. The maximum absolute atomic E-state index is 13.5. The van der Waals surface area contributed by atoms with Gasteiger partial charge in [-0.2, -0.15) is 0 Å². The molecule has 2 aromatic rings. The molecular formula is C28H34N4O4. The van der Waals surface area contributed by atoms with E-state index in [0.29, 0.717) is 24.1 Å². The van der Waals surface area contributed by atoms with Crippen LogP contribution in [0.5, 0.6) is 0 Å². The number of benzene rings is 2. The van der Waals surface area contributed by atoms with E-state index in [1.54, 1.807) is 12.1 Å². The van der Waals surface area contributed by atoms with Gasteiger partial charge in [0.15, 0.2) is 0 Å². The molecule has 4 rings (SSSR count). The molecule has 1 aliphatic heterocycles. The van der Waals surface area contributed by atoms with Crippen LogP contribution in [0.4, 0.5) is 0 Å². The van der Waals surface area contributed by atoms with Gasteiger partial charge in [-0.1, -0.05) is 48.3 Å². The summed E-state index contributed by atoms with van der Waals surface area (Å²) in [5.74, 6) is -1.34. The molecular weight excluding hydrogens is 456 g/mol. The first kappa shape index (κ1) is 25.4. The molecule has 0 bridgehead atoms. The Hall–Kier alpha value is -3.68. The van der Waals surface area contributed by atoms with Gasteiger partial charge in [0.1, 0.15) is 13.2 Å². The first-order valence-electron chi connectivity index (χ1n) is 12.5. The molecule has 3 N–H and O–H groups in total. The minimum atomic E-state index is -0.736. The van der Waals surface area contributed by atoms with Crippen LogP contribution in [0.1, 0.15) is 53.6 Å². The van der Waals surface area contributed by atoms with E-state index in [1.807, 2.05) is 18.2 Å². The zero-order valence-electron chi connectivity index (χ0n) is 21.1. The quantitative estimate of drug-likeness (QED) is 0.605. The van der Waals surface area contributed by atoms with Gasteiger partial charge < -0.3 is 20.8 Å². The fourth-order valence-electron chi connectivity index (χ4n) is 5.49. The lowest BCUT2D eigenvalue weighted by Crippen LogP contribution is -2.53. The van der Waals surface area contributed by atoms with Crippen LogP contribution >= 0.6 is 0 Å². The minimum Gasteiger partial charge on any atom is -0.399 e. The van der Waals surface area contributed by atoms with Crippen molar-refractivity contribution in [2.24, 2.45) is 16.8 Å². The molecule has 3 atom stereocenters. The Balaban J connectivity index is 1.55. The smallest absolute Gasteiger partial charge is 0.254 e. The number of aryl methyl sites for hydroxylation is 2. The van der Waals surface area contributed by atoms with E-state index in [2.05, 4.69) is 36.5 Å². The number of nitrogens with two attached hydrogens (primary N) is 1. The lowest BCUT2D eigenvalue weighted by Gasteiger charge is -2.32. The molecule has 8 heteroatoms. The number of hydrogen-bond acceptors (Lipinski definition) is 5. The van der Waals surface area contributed by atoms with Crippen molar-refractivity contribution in [2.75, 3.05) is 13.7 Å². The van der Waals surface area contributed by atoms with Crippen LogP contribution in [0.2, 0.25) is 0 Å². The minimum absolute atomic E-state index is 0.202. The Morgan fingerprint density at radius 3 is 2.33 bits per heavy atom. The monoisotopic (exact) mass is 490 g/mol. The van der Waals surface area contributed by atoms with Gasteiger partial charge in [0.25, 0.3) is 5.91 Å². The first-order valence-corrected chi connectivity index (χ1v) is 12.5. The van der Waals surface area contributed by atoms with Crippen LogP contribution in [0, 0.1) is 19.8 Å². The fraction of sp³-hybridized carbons (Fsp3) is 0.429. The Labute approximate surface area is 211 Å². The van der Waals surface area contributed by atoms with Gasteiger partial charge in [-0.3, -0.25) is 14.4 Å². The van der Waals surface area contributed by atoms with E-state index < -0.39 is 17.9 Å². The number of oxime groups is 1. The average molecular weight is 491 g/mol. The second-order valence-corrected chi connectivity index (χ2v) is 9.75. The van der Waals surface area contributed by atoms with Crippen molar-refractivity contribution >= 4 is 23.4 Å². The second kappa shape index (κ2) is 10.9. The first-order chi connectivity index (χ1) is 17.3. The lowest BCUT2D eigenvalue weighted by atomic mass is 9.84. The van der Waals surface area contributed by atoms with Gasteiger partial charge in [0, 0.05) is 18.0 Å². The van der Waals surface area contributed by atoms with Crippen LogP contribution in [0.25, 0.3) is 11.1 Å². The van der Waals surface area contributed by atoms with Crippen molar-refractivity contribution in [1.29, 1.82) is 0 Å². The Bertz CT molecular complexity index is 1150. The predicted octanol–water partition coefficient (Wildman–Crippen LogP) is 3.35. The van der Waals surface area contributed by atoms with Gasteiger partial charge in [-0.25, -0.2) is 0 Å². The van der Waals surface area contributed by atoms with Gasteiger partial charge >= 0.3 is 0 Å². The second-order valence-electron chi connectivity index (χ2n) is 9.75. The van der Waals surface area contributed by atoms with Crippen molar-refractivity contribution in [3.05, 3.63) is 59.2 Å². The molecule has 2 aliphatic rings. The van der Waals surface area contributed by atoms with Gasteiger partial charge in [0.2, 0.25) is 11.8 Å². The summed E-state index contributed by atoms with van der Waals surface area (Å²) >= 11 is 0. The number of nitrogens with zero attached hydrogens (tertiary/aromatic N) is 2. The largest absolute Gasteiger partial charge is 0.399 e. The van der Waals surface area contributed by atoms with Crippen molar-refractivity contribution in [3.8, 4) is 11.1 Å². The number of carbonyl (C=O) groups excluding carboxylic acids is 3. The SMILES string of the molecule is CON=C1C[C@@H](C(=O)N[C@@H]2CCCC[C@@H]2C(N)=O)N(C(=O)c2ccc(-c3c(C)cccc3C)cc2)C1. The topological polar surface area (TPSA) is 114 Å². The van der Waals surface area contributed by atoms with E-state index in [9.17, 15) is 14.4 Å². The third-order valence-electron chi connectivity index (χ3n) is 7.30. The number of nitrogens with one attached hydrogen (secondary N) is 1. The molecule has 0 unspecified atom stereocenters. The zero-order chi connectivity index (χ0) is 25.8. The molecule has 1 saturated heterocycles. The molecule has 8 nitrogen and oxygen atoms in total. The molecule has 2 aromatic carbocycles. The number of likely N-dealkylation sites (tertiary alicyclic amines) is 1. The average Bonchev–Trinajstić information content (AvgIpc) is 3.28. The van der Waals surface area contributed by atoms with Gasteiger partial charge in [-0.05, 0) is 61.1 Å². The summed E-state index contributed by atoms with van der Waals surface area (Å²) in [6.07, 6.45) is 3.47. The normalized spacial score (nSPS) is 22.9. The van der Waals surface area contributed by atoms with Crippen LogP contribution in [-0.4, -0.2) is 54.1 Å². The highest BCUT2D eigenvalue weighted by molar-refractivity contribution is 6.05. The van der Waals surface area contributed by atoms with Crippen molar-refractivity contribution in [3.63, 3.8) is 0 Å². The molecule has 190 valence electrons. The summed E-state index contributed by atoms with van der Waals surface area (Å²) in [5.41, 5.74) is 11.2. The fourth-order valence-corrected chi connectivity index (χ4v) is 5.49. The predicted molar refractivity (Wildman–Crippen MR) is 138 cm³/mol. The Morgan fingerprint density at radius 1 is 1.03 bits per heavy atom. The van der Waals surface area contributed by atoms with E-state index >= 15 is 0 Å². The van der Waals surface area contributed by atoms with E-state index in [-0.39, 0.29) is 30.8 Å². The molecule has 1 saturated carbocycles. The highest BCUT2D eigenvalue weighted by atomic mass is 16.6. The van der Waals surface area contributed by atoms with Gasteiger partial charge in [0.05, 0.1) is 18.2 Å². The van der Waals surface area contributed by atoms with E-state index in [1.165, 1.54) is 23.1 Å². The summed E-state index contributed by atoms with van der Waals surface area (Å²) in [7, 11) is 1.44. The number of amides is 3. The Kier molecular flexibility index (Phi) is 7.72. The van der Waals surface area contributed by atoms with Crippen LogP contribution < -0.4 is 11.1 Å². The molecule has 0 radical (unpaired) electrons. The summed E-state index contributed by atoms with van der Waals surface area (Å²) in [6.45, 7) is 4.34. The van der Waals surface area contributed by atoms with Crippen molar-refractivity contribution in [1.82, 2.24) is 10.2 Å². The molecule has 2 fully saturated rings. The standard InChI is InChI=1S/C28H34N4O4/c1-17-7-6-8-18(2)25(17)19-11-13-20(14-12-19)28(35)32-16-21(31-36-3)15-24(32)27(34)30-23-10-5-4-9-22(23)26(29)33/h6-8,11-14,22-24H,4-5,9-10,15-16H2,1-3H3,(H2,29,33)(H,30,34)/t22-,23+,24-/m0/s1. The Morgan fingerprint density at radius 2 is 1.69 bits per heavy atom. The summed E-state index contributed by atoms with van der Waals surface area (Å²) in [6, 6.07) is 12.6. The maximum Gasteiger partial charge on any atom is 0.254 e. The highest BCUT2D eigenvalue weighted by Crippen LogP contribution is 2.29. The number of primary amides is 1. The lowest BCUT2D eigenvalue weighted by molar-refractivity contribution is -0.128. The van der Waals surface area contributed by atoms with E-state index in [0.717, 1.165) is 24.0 Å².